The number of benzene rings is 8. The molecule has 0 unspecified atom stereocenters. The van der Waals surface area contributed by atoms with E-state index in [1.54, 1.807) is 0 Å². The zero-order valence-corrected chi connectivity index (χ0v) is 27.6. The van der Waals surface area contributed by atoms with E-state index in [1.807, 2.05) is 23.5 Å². The Bertz CT molecular complexity index is 3090. The predicted molar refractivity (Wildman–Crippen MR) is 212 cm³/mol. The van der Waals surface area contributed by atoms with Crippen LogP contribution in [-0.4, -0.2) is 0 Å². The predicted octanol–water partition coefficient (Wildman–Crippen LogP) is 14.1. The van der Waals surface area contributed by atoms with E-state index in [0.29, 0.717) is 0 Å². The van der Waals surface area contributed by atoms with Crippen LogP contribution in [0.4, 0.5) is 17.1 Å². The summed E-state index contributed by atoms with van der Waals surface area (Å²) in [5, 5.41) is 9.30. The van der Waals surface area contributed by atoms with Crippen LogP contribution in [0.15, 0.2) is 173 Å². The molecular formula is C46H27NO2S. The average molecular weight is 658 g/mol. The van der Waals surface area contributed by atoms with Crippen molar-refractivity contribution < 1.29 is 8.83 Å². The molecule has 50 heavy (non-hydrogen) atoms. The Kier molecular flexibility index (Phi) is 5.83. The quantitative estimate of drug-likeness (QED) is 0.189. The van der Waals surface area contributed by atoms with Crippen molar-refractivity contribution in [3.05, 3.63) is 164 Å². The summed E-state index contributed by atoms with van der Waals surface area (Å²) in [5.74, 6) is 0. The lowest BCUT2D eigenvalue weighted by Gasteiger charge is -2.25. The SMILES string of the molecule is c1ccc(N(c2ccc(-c3ccc4c(c3)oc3ccccc34)cc2)c2ccc3sc4ccc5c6ccc7ccccc7c6oc5c4c3c2)cc1. The third-order valence-corrected chi connectivity index (χ3v) is 11.2. The lowest BCUT2D eigenvalue weighted by Crippen LogP contribution is -2.09. The lowest BCUT2D eigenvalue weighted by atomic mass is 10.0. The van der Waals surface area contributed by atoms with Crippen molar-refractivity contribution in [1.82, 2.24) is 0 Å². The van der Waals surface area contributed by atoms with Crippen molar-refractivity contribution in [1.29, 1.82) is 0 Å². The van der Waals surface area contributed by atoms with Crippen molar-refractivity contribution in [2.45, 2.75) is 0 Å². The first-order chi connectivity index (χ1) is 24.8. The van der Waals surface area contributed by atoms with E-state index >= 15 is 0 Å². The standard InChI is InChI=1S/C46H27NO2S/c1-2-9-31(10-3-1)47(32-18-14-28(15-19-32)30-17-21-36-35-12-6-7-13-40(35)48-41(36)26-30)33-20-24-42-39(27-33)44-43(50-42)25-23-38-37-22-16-29-8-4-5-11-34(29)45(37)49-46(38)44/h1-27H. The fourth-order valence-corrected chi connectivity index (χ4v) is 8.77. The van der Waals surface area contributed by atoms with Gasteiger partial charge in [0.15, 0.2) is 0 Å². The van der Waals surface area contributed by atoms with Gasteiger partial charge < -0.3 is 13.7 Å². The van der Waals surface area contributed by atoms with Crippen LogP contribution in [0, 0.1) is 0 Å². The van der Waals surface area contributed by atoms with E-state index in [4.69, 9.17) is 8.83 Å². The van der Waals surface area contributed by atoms with E-state index < -0.39 is 0 Å². The van der Waals surface area contributed by atoms with Crippen molar-refractivity contribution >= 4 is 103 Å². The van der Waals surface area contributed by atoms with Gasteiger partial charge in [0.1, 0.15) is 22.3 Å². The van der Waals surface area contributed by atoms with Gasteiger partial charge in [-0.2, -0.15) is 0 Å². The molecule has 3 aromatic heterocycles. The monoisotopic (exact) mass is 657 g/mol. The van der Waals surface area contributed by atoms with Gasteiger partial charge in [-0.25, -0.2) is 0 Å². The number of fused-ring (bicyclic) bond motifs is 12. The summed E-state index contributed by atoms with van der Waals surface area (Å²) in [4.78, 5) is 2.33. The maximum Gasteiger partial charge on any atom is 0.144 e. The van der Waals surface area contributed by atoms with Crippen molar-refractivity contribution in [2.75, 3.05) is 4.90 Å². The molecular weight excluding hydrogens is 631 g/mol. The normalized spacial score (nSPS) is 12.0. The summed E-state index contributed by atoms with van der Waals surface area (Å²) in [5.41, 5.74) is 9.28. The molecule has 11 rings (SSSR count). The highest BCUT2D eigenvalue weighted by Gasteiger charge is 2.19. The second-order valence-corrected chi connectivity index (χ2v) is 14.0. The van der Waals surface area contributed by atoms with Crippen molar-refractivity contribution in [3.63, 3.8) is 0 Å². The third kappa shape index (κ3) is 4.09. The number of thiophene rings is 1. The van der Waals surface area contributed by atoms with Crippen LogP contribution in [0.5, 0.6) is 0 Å². The molecule has 0 N–H and O–H groups in total. The summed E-state index contributed by atoms with van der Waals surface area (Å²) < 4.78 is 15.5. The largest absolute Gasteiger partial charge is 0.456 e. The molecule has 0 fully saturated rings. The average Bonchev–Trinajstić information content (AvgIpc) is 3.86. The van der Waals surface area contributed by atoms with E-state index in [1.165, 1.54) is 25.6 Å². The molecule has 0 aliphatic rings. The van der Waals surface area contributed by atoms with Crippen LogP contribution in [0.25, 0.3) is 85.9 Å². The van der Waals surface area contributed by atoms with E-state index in [0.717, 1.165) is 77.5 Å². The molecule has 234 valence electrons. The summed E-state index contributed by atoms with van der Waals surface area (Å²) in [6, 6.07) is 58.3. The van der Waals surface area contributed by atoms with Gasteiger partial charge >= 0.3 is 0 Å². The fraction of sp³-hybridized carbons (Fsp3) is 0. The Labute approximate surface area is 290 Å². The number of rotatable bonds is 4. The molecule has 0 amide bonds. The molecule has 4 heteroatoms. The molecule has 0 radical (unpaired) electrons. The van der Waals surface area contributed by atoms with Gasteiger partial charge in [-0.3, -0.25) is 0 Å². The number of hydrogen-bond acceptors (Lipinski definition) is 4. The van der Waals surface area contributed by atoms with E-state index in [-0.39, 0.29) is 0 Å². The minimum Gasteiger partial charge on any atom is -0.456 e. The van der Waals surface area contributed by atoms with Crippen LogP contribution in [0.1, 0.15) is 0 Å². The second-order valence-electron chi connectivity index (χ2n) is 12.9. The maximum atomic E-state index is 6.80. The summed E-state index contributed by atoms with van der Waals surface area (Å²) >= 11 is 1.82. The Hall–Kier alpha value is -6.36. The van der Waals surface area contributed by atoms with Crippen LogP contribution >= 0.6 is 11.3 Å². The van der Waals surface area contributed by atoms with Gasteiger partial charge in [0.2, 0.25) is 0 Å². The molecule has 0 aliphatic carbocycles. The fourth-order valence-electron chi connectivity index (χ4n) is 7.68. The van der Waals surface area contributed by atoms with Crippen LogP contribution < -0.4 is 4.90 Å². The molecule has 3 heterocycles. The third-order valence-electron chi connectivity index (χ3n) is 10.1. The van der Waals surface area contributed by atoms with Crippen molar-refractivity contribution in [3.8, 4) is 11.1 Å². The number of nitrogens with zero attached hydrogens (tertiary/aromatic N) is 1. The highest BCUT2D eigenvalue weighted by Crippen LogP contribution is 2.45. The van der Waals surface area contributed by atoms with E-state index in [9.17, 15) is 0 Å². The number of para-hydroxylation sites is 2. The van der Waals surface area contributed by atoms with Gasteiger partial charge in [-0.05, 0) is 95.4 Å². The van der Waals surface area contributed by atoms with E-state index in [2.05, 4.69) is 157 Å². The molecule has 8 aromatic carbocycles. The van der Waals surface area contributed by atoms with Crippen LogP contribution in [0.3, 0.4) is 0 Å². The summed E-state index contributed by atoms with van der Waals surface area (Å²) in [7, 11) is 0. The number of anilines is 3. The summed E-state index contributed by atoms with van der Waals surface area (Å²) in [6.07, 6.45) is 0. The van der Waals surface area contributed by atoms with Crippen molar-refractivity contribution in [2.24, 2.45) is 0 Å². The first-order valence-electron chi connectivity index (χ1n) is 16.8. The first kappa shape index (κ1) is 27.6. The molecule has 0 aliphatic heterocycles. The minimum atomic E-state index is 0.904. The van der Waals surface area contributed by atoms with Gasteiger partial charge in [0, 0.05) is 64.2 Å². The molecule has 0 spiro atoms. The molecule has 0 saturated carbocycles. The number of furan rings is 2. The molecule has 0 bridgehead atoms. The molecule has 0 saturated heterocycles. The zero-order chi connectivity index (χ0) is 32.8. The number of hydrogen-bond donors (Lipinski definition) is 0. The van der Waals surface area contributed by atoms with Crippen LogP contribution in [0.2, 0.25) is 0 Å². The smallest absolute Gasteiger partial charge is 0.144 e. The molecule has 11 aromatic rings. The van der Waals surface area contributed by atoms with Crippen LogP contribution in [-0.2, 0) is 0 Å². The second kappa shape index (κ2) is 10.6. The Balaban J connectivity index is 1.06. The lowest BCUT2D eigenvalue weighted by molar-refractivity contribution is 0.669. The minimum absolute atomic E-state index is 0.904. The summed E-state index contributed by atoms with van der Waals surface area (Å²) in [6.45, 7) is 0. The topological polar surface area (TPSA) is 29.5 Å². The van der Waals surface area contributed by atoms with Gasteiger partial charge in [0.25, 0.3) is 0 Å². The zero-order valence-electron chi connectivity index (χ0n) is 26.8. The van der Waals surface area contributed by atoms with Gasteiger partial charge in [0.05, 0.1) is 0 Å². The maximum absolute atomic E-state index is 6.80. The Morgan fingerprint density at radius 3 is 1.94 bits per heavy atom. The Morgan fingerprint density at radius 1 is 0.380 bits per heavy atom. The highest BCUT2D eigenvalue weighted by atomic mass is 32.1. The Morgan fingerprint density at radius 2 is 1.04 bits per heavy atom. The first-order valence-corrected chi connectivity index (χ1v) is 17.6. The highest BCUT2D eigenvalue weighted by molar-refractivity contribution is 7.26. The van der Waals surface area contributed by atoms with Gasteiger partial charge in [-0.15, -0.1) is 11.3 Å². The molecule has 0 atom stereocenters. The molecule has 3 nitrogen and oxygen atoms in total. The van der Waals surface area contributed by atoms with Gasteiger partial charge in [-0.1, -0.05) is 84.9 Å².